The predicted octanol–water partition coefficient (Wildman–Crippen LogP) is 6.07. The maximum Gasteiger partial charge on any atom is 0.264 e. The van der Waals surface area contributed by atoms with E-state index >= 15 is 0 Å². The number of anilines is 1. The van der Waals surface area contributed by atoms with Gasteiger partial charge in [0.1, 0.15) is 12.6 Å². The number of sulfonamides is 1. The van der Waals surface area contributed by atoms with Crippen LogP contribution in [0.15, 0.2) is 102 Å². The summed E-state index contributed by atoms with van der Waals surface area (Å²) in [6.45, 7) is 8.91. The highest BCUT2D eigenvalue weighted by atomic mass is 32.2. The standard InChI is InChI=1S/C38H45N3O6S/c1-27-20-28(2)22-31(21-27)41(48(44,45)32-18-19-34(46-6)35(24-32)47-7)26-36(42)40(25-30-16-12-9-13-17-30)33(37(43)39-38(3,4)5)23-29-14-10-8-11-15-29/h8-22,24,33H,23,25-26H2,1-7H3,(H,39,43)/t33-/m0/s1. The lowest BCUT2D eigenvalue weighted by Gasteiger charge is -2.35. The van der Waals surface area contributed by atoms with E-state index in [-0.39, 0.29) is 29.5 Å². The van der Waals surface area contributed by atoms with E-state index in [1.807, 2.05) is 101 Å². The number of nitrogens with one attached hydrogen (secondary N) is 1. The number of carbonyl (C=O) groups is 2. The molecular formula is C38H45N3O6S. The van der Waals surface area contributed by atoms with Crippen LogP contribution in [-0.2, 0) is 32.6 Å². The van der Waals surface area contributed by atoms with E-state index in [1.165, 1.54) is 37.3 Å². The van der Waals surface area contributed by atoms with Crippen LogP contribution >= 0.6 is 0 Å². The van der Waals surface area contributed by atoms with E-state index in [2.05, 4.69) is 5.32 Å². The molecule has 9 nitrogen and oxygen atoms in total. The van der Waals surface area contributed by atoms with Crippen LogP contribution in [0.3, 0.4) is 0 Å². The van der Waals surface area contributed by atoms with Crippen molar-refractivity contribution in [1.29, 1.82) is 0 Å². The zero-order valence-electron chi connectivity index (χ0n) is 28.7. The van der Waals surface area contributed by atoms with Gasteiger partial charge in [-0.3, -0.25) is 13.9 Å². The summed E-state index contributed by atoms with van der Waals surface area (Å²) in [5.41, 5.74) is 3.08. The topological polar surface area (TPSA) is 105 Å². The van der Waals surface area contributed by atoms with Crippen LogP contribution in [0.1, 0.15) is 43.0 Å². The number of hydrogen-bond acceptors (Lipinski definition) is 6. The maximum absolute atomic E-state index is 14.7. The first kappa shape index (κ1) is 36.0. The van der Waals surface area contributed by atoms with Crippen LogP contribution in [0.5, 0.6) is 11.5 Å². The molecule has 0 aliphatic carbocycles. The van der Waals surface area contributed by atoms with Crippen LogP contribution in [0.2, 0.25) is 0 Å². The minimum Gasteiger partial charge on any atom is -0.493 e. The normalized spacial score (nSPS) is 12.1. The molecule has 1 atom stereocenters. The molecule has 0 bridgehead atoms. The molecule has 4 aromatic rings. The van der Waals surface area contributed by atoms with Crippen molar-refractivity contribution in [3.8, 4) is 11.5 Å². The second-order valence-electron chi connectivity index (χ2n) is 12.8. The van der Waals surface area contributed by atoms with E-state index in [4.69, 9.17) is 9.47 Å². The van der Waals surface area contributed by atoms with Gasteiger partial charge in [-0.15, -0.1) is 0 Å². The fourth-order valence-electron chi connectivity index (χ4n) is 5.51. The van der Waals surface area contributed by atoms with Crippen molar-refractivity contribution in [2.45, 2.75) is 64.1 Å². The van der Waals surface area contributed by atoms with Gasteiger partial charge in [-0.2, -0.15) is 0 Å². The second kappa shape index (κ2) is 15.4. The number of rotatable bonds is 13. The first-order chi connectivity index (χ1) is 22.7. The largest absolute Gasteiger partial charge is 0.493 e. The first-order valence-electron chi connectivity index (χ1n) is 15.7. The van der Waals surface area contributed by atoms with Crippen molar-refractivity contribution < 1.29 is 27.5 Å². The minimum atomic E-state index is -4.33. The fourth-order valence-corrected chi connectivity index (χ4v) is 6.93. The van der Waals surface area contributed by atoms with E-state index in [0.717, 1.165) is 26.6 Å². The van der Waals surface area contributed by atoms with Crippen LogP contribution in [0.25, 0.3) is 0 Å². The van der Waals surface area contributed by atoms with Crippen LogP contribution in [0, 0.1) is 13.8 Å². The SMILES string of the molecule is COc1ccc(S(=O)(=O)N(CC(=O)N(Cc2ccccc2)[C@@H](Cc2ccccc2)C(=O)NC(C)(C)C)c2cc(C)cc(C)c2)cc1OC. The first-order valence-corrected chi connectivity index (χ1v) is 17.2. The Morgan fingerprint density at radius 2 is 1.33 bits per heavy atom. The lowest BCUT2D eigenvalue weighted by atomic mass is 10.0. The van der Waals surface area contributed by atoms with Gasteiger partial charge in [-0.05, 0) is 81.1 Å². The molecule has 0 aliphatic rings. The van der Waals surface area contributed by atoms with Gasteiger partial charge in [-0.1, -0.05) is 66.7 Å². The molecule has 4 rings (SSSR count). The molecule has 0 spiro atoms. The molecule has 0 radical (unpaired) electrons. The van der Waals surface area contributed by atoms with Gasteiger partial charge >= 0.3 is 0 Å². The molecule has 0 saturated heterocycles. The Morgan fingerprint density at radius 3 is 1.88 bits per heavy atom. The molecule has 0 saturated carbocycles. The summed E-state index contributed by atoms with van der Waals surface area (Å²) < 4.78 is 40.9. The van der Waals surface area contributed by atoms with Gasteiger partial charge in [0.2, 0.25) is 11.8 Å². The summed E-state index contributed by atoms with van der Waals surface area (Å²) in [6, 6.07) is 27.6. The molecule has 0 aromatic heterocycles. The van der Waals surface area contributed by atoms with Crippen molar-refractivity contribution >= 4 is 27.5 Å². The smallest absolute Gasteiger partial charge is 0.264 e. The Bertz CT molecular complexity index is 1800. The molecule has 4 aromatic carbocycles. The van der Waals surface area contributed by atoms with Crippen molar-refractivity contribution in [3.05, 3.63) is 119 Å². The Balaban J connectivity index is 1.85. The summed E-state index contributed by atoms with van der Waals surface area (Å²) in [7, 11) is -1.44. The summed E-state index contributed by atoms with van der Waals surface area (Å²) in [5, 5.41) is 3.05. The Morgan fingerprint density at radius 1 is 0.771 bits per heavy atom. The number of nitrogens with zero attached hydrogens (tertiary/aromatic N) is 2. The Labute approximate surface area is 284 Å². The highest BCUT2D eigenvalue weighted by molar-refractivity contribution is 7.92. The number of amides is 2. The molecular weight excluding hydrogens is 627 g/mol. The van der Waals surface area contributed by atoms with E-state index in [0.29, 0.717) is 11.4 Å². The number of carbonyl (C=O) groups excluding carboxylic acids is 2. The van der Waals surface area contributed by atoms with Crippen molar-refractivity contribution in [1.82, 2.24) is 10.2 Å². The fraction of sp³-hybridized carbons (Fsp3) is 0.316. The number of aryl methyl sites for hydroxylation is 2. The average Bonchev–Trinajstić information content (AvgIpc) is 3.04. The minimum absolute atomic E-state index is 0.0759. The predicted molar refractivity (Wildman–Crippen MR) is 189 cm³/mol. The molecule has 2 amide bonds. The second-order valence-corrected chi connectivity index (χ2v) is 14.7. The molecule has 0 heterocycles. The third kappa shape index (κ3) is 9.16. The van der Waals surface area contributed by atoms with Crippen molar-refractivity contribution in [3.63, 3.8) is 0 Å². The molecule has 48 heavy (non-hydrogen) atoms. The molecule has 254 valence electrons. The van der Waals surface area contributed by atoms with Crippen LogP contribution in [0.4, 0.5) is 5.69 Å². The quantitative estimate of drug-likeness (QED) is 0.185. The van der Waals surface area contributed by atoms with Crippen LogP contribution < -0.4 is 19.1 Å². The summed E-state index contributed by atoms with van der Waals surface area (Å²) in [6.07, 6.45) is 0.229. The van der Waals surface area contributed by atoms with Gasteiger partial charge in [0.05, 0.1) is 24.8 Å². The Kier molecular flexibility index (Phi) is 11.5. The lowest BCUT2D eigenvalue weighted by Crippen LogP contribution is -2.56. The lowest BCUT2D eigenvalue weighted by molar-refractivity contribution is -0.140. The van der Waals surface area contributed by atoms with Gasteiger partial charge in [0.15, 0.2) is 11.5 Å². The van der Waals surface area contributed by atoms with Crippen LogP contribution in [-0.4, -0.2) is 57.5 Å². The average molecular weight is 672 g/mol. The number of benzene rings is 4. The monoisotopic (exact) mass is 671 g/mol. The van der Waals surface area contributed by atoms with E-state index in [1.54, 1.807) is 12.1 Å². The number of ether oxygens (including phenoxy) is 2. The molecule has 0 fully saturated rings. The number of hydrogen-bond donors (Lipinski definition) is 1. The Hall–Kier alpha value is -4.83. The third-order valence-electron chi connectivity index (χ3n) is 7.68. The molecule has 10 heteroatoms. The van der Waals surface area contributed by atoms with Gasteiger partial charge in [0, 0.05) is 24.6 Å². The third-order valence-corrected chi connectivity index (χ3v) is 9.45. The summed E-state index contributed by atoms with van der Waals surface area (Å²) >= 11 is 0. The summed E-state index contributed by atoms with van der Waals surface area (Å²) in [4.78, 5) is 30.1. The van der Waals surface area contributed by atoms with Gasteiger partial charge in [0.25, 0.3) is 10.0 Å². The van der Waals surface area contributed by atoms with Crippen molar-refractivity contribution in [2.75, 3.05) is 25.1 Å². The van der Waals surface area contributed by atoms with E-state index < -0.39 is 34.1 Å². The highest BCUT2D eigenvalue weighted by Crippen LogP contribution is 2.33. The zero-order valence-corrected chi connectivity index (χ0v) is 29.5. The molecule has 0 unspecified atom stereocenters. The maximum atomic E-state index is 14.7. The van der Waals surface area contributed by atoms with Gasteiger partial charge in [-0.25, -0.2) is 8.42 Å². The summed E-state index contributed by atoms with van der Waals surface area (Å²) in [5.74, 6) is -0.269. The van der Waals surface area contributed by atoms with Gasteiger partial charge < -0.3 is 19.7 Å². The molecule has 0 aliphatic heterocycles. The molecule has 1 N–H and O–H groups in total. The van der Waals surface area contributed by atoms with Crippen molar-refractivity contribution in [2.24, 2.45) is 0 Å². The van der Waals surface area contributed by atoms with E-state index in [9.17, 15) is 18.0 Å². The highest BCUT2D eigenvalue weighted by Gasteiger charge is 2.36. The zero-order chi connectivity index (χ0) is 35.1. The number of methoxy groups -OCH3 is 2.